The summed E-state index contributed by atoms with van der Waals surface area (Å²) in [5, 5.41) is 0.494. The van der Waals surface area contributed by atoms with Gasteiger partial charge in [-0.05, 0) is 48.5 Å². The molecule has 0 unspecified atom stereocenters. The van der Waals surface area contributed by atoms with Gasteiger partial charge in [0.05, 0.1) is 5.30 Å². The van der Waals surface area contributed by atoms with Crippen LogP contribution in [-0.2, 0) is 4.57 Å². The van der Waals surface area contributed by atoms with E-state index in [2.05, 4.69) is 15.9 Å². The van der Waals surface area contributed by atoms with Crippen LogP contribution in [0.4, 0.5) is 0 Å². The second kappa shape index (κ2) is 7.03. The molecule has 5 heteroatoms. The molecule has 0 amide bonds. The van der Waals surface area contributed by atoms with Crippen molar-refractivity contribution in [3.8, 4) is 11.5 Å². The Kier molecular flexibility index (Phi) is 4.85. The molecule has 0 aliphatic carbocycles. The molecule has 0 aliphatic rings. The van der Waals surface area contributed by atoms with Crippen LogP contribution in [0.3, 0.4) is 0 Å². The third-order valence-electron chi connectivity index (χ3n) is 3.08. The Hall–Kier alpha value is -2.03. The number of hydrogen-bond acceptors (Lipinski definition) is 3. The first-order chi connectivity index (χ1) is 11.2. The largest absolute Gasteiger partial charge is 0.462 e. The fraction of sp³-hybridized carbons (Fsp3) is 0. The molecule has 23 heavy (non-hydrogen) atoms. The van der Waals surface area contributed by atoms with Gasteiger partial charge in [-0.2, -0.15) is 0 Å². The van der Waals surface area contributed by atoms with Crippen LogP contribution in [-0.4, -0.2) is 0 Å². The van der Waals surface area contributed by atoms with E-state index in [1.807, 2.05) is 48.5 Å². The van der Waals surface area contributed by atoms with Crippen molar-refractivity contribution in [2.24, 2.45) is 0 Å². The number of halogens is 1. The number of rotatable bonds is 5. The highest BCUT2D eigenvalue weighted by Crippen LogP contribution is 2.47. The van der Waals surface area contributed by atoms with Gasteiger partial charge in [0.15, 0.2) is 0 Å². The third-order valence-corrected chi connectivity index (χ3v) is 5.44. The molecule has 0 atom stereocenters. The molecule has 3 aromatic carbocycles. The third kappa shape index (κ3) is 4.04. The Morgan fingerprint density at radius 1 is 0.652 bits per heavy atom. The summed E-state index contributed by atoms with van der Waals surface area (Å²) >= 11 is 3.37. The van der Waals surface area contributed by atoms with Crippen LogP contribution in [0.5, 0.6) is 11.5 Å². The van der Waals surface area contributed by atoms with E-state index in [1.165, 1.54) is 0 Å². The zero-order valence-electron chi connectivity index (χ0n) is 12.1. The molecule has 116 valence electrons. The van der Waals surface area contributed by atoms with Gasteiger partial charge in [-0.1, -0.05) is 52.3 Å². The summed E-state index contributed by atoms with van der Waals surface area (Å²) in [6, 6.07) is 25.1. The molecule has 0 heterocycles. The Morgan fingerprint density at radius 2 is 1.09 bits per heavy atom. The van der Waals surface area contributed by atoms with E-state index in [0.717, 1.165) is 4.47 Å². The Balaban J connectivity index is 1.98. The van der Waals surface area contributed by atoms with Crippen molar-refractivity contribution in [3.05, 3.63) is 89.4 Å². The minimum Gasteiger partial charge on any atom is -0.413 e. The van der Waals surface area contributed by atoms with E-state index < -0.39 is 7.60 Å². The summed E-state index contributed by atoms with van der Waals surface area (Å²) in [6.45, 7) is 0. The molecule has 0 saturated carbocycles. The molecule has 3 aromatic rings. The van der Waals surface area contributed by atoms with E-state index in [0.29, 0.717) is 16.8 Å². The summed E-state index contributed by atoms with van der Waals surface area (Å²) in [5.74, 6) is 0.990. The summed E-state index contributed by atoms with van der Waals surface area (Å²) in [4.78, 5) is 0. The van der Waals surface area contributed by atoms with E-state index in [4.69, 9.17) is 9.05 Å². The summed E-state index contributed by atoms with van der Waals surface area (Å²) < 4.78 is 25.8. The lowest BCUT2D eigenvalue weighted by Gasteiger charge is -2.20. The maximum atomic E-state index is 13.4. The van der Waals surface area contributed by atoms with Crippen molar-refractivity contribution >= 4 is 28.8 Å². The average molecular weight is 389 g/mol. The van der Waals surface area contributed by atoms with Crippen molar-refractivity contribution in [2.75, 3.05) is 0 Å². The van der Waals surface area contributed by atoms with Crippen LogP contribution < -0.4 is 14.4 Å². The highest BCUT2D eigenvalue weighted by Gasteiger charge is 2.31. The number of hydrogen-bond donors (Lipinski definition) is 0. The van der Waals surface area contributed by atoms with Crippen LogP contribution in [0.2, 0.25) is 0 Å². The Bertz CT molecular complexity index is 759. The van der Waals surface area contributed by atoms with Crippen LogP contribution in [0.15, 0.2) is 89.4 Å². The smallest absolute Gasteiger partial charge is 0.413 e. The van der Waals surface area contributed by atoms with Gasteiger partial charge in [0.2, 0.25) is 0 Å². The highest BCUT2D eigenvalue weighted by molar-refractivity contribution is 9.10. The topological polar surface area (TPSA) is 35.5 Å². The minimum atomic E-state index is -3.56. The molecule has 0 bridgehead atoms. The van der Waals surface area contributed by atoms with Crippen molar-refractivity contribution in [1.29, 1.82) is 0 Å². The zero-order valence-corrected chi connectivity index (χ0v) is 14.6. The first-order valence-electron chi connectivity index (χ1n) is 7.01. The molecule has 3 rings (SSSR count). The molecular weight excluding hydrogens is 375 g/mol. The molecule has 3 nitrogen and oxygen atoms in total. The quantitative estimate of drug-likeness (QED) is 0.547. The predicted molar refractivity (Wildman–Crippen MR) is 95.5 cm³/mol. The van der Waals surface area contributed by atoms with Crippen molar-refractivity contribution in [1.82, 2.24) is 0 Å². The molecule has 0 aromatic heterocycles. The monoisotopic (exact) mass is 388 g/mol. The van der Waals surface area contributed by atoms with Crippen molar-refractivity contribution in [2.45, 2.75) is 0 Å². The fourth-order valence-electron chi connectivity index (χ4n) is 1.99. The first-order valence-corrected chi connectivity index (χ1v) is 9.35. The summed E-state index contributed by atoms with van der Waals surface area (Å²) in [5.41, 5.74) is 0. The van der Waals surface area contributed by atoms with Gasteiger partial charge in [-0.25, -0.2) is 4.57 Å². The van der Waals surface area contributed by atoms with Crippen LogP contribution >= 0.6 is 23.5 Å². The van der Waals surface area contributed by atoms with Crippen LogP contribution in [0.1, 0.15) is 0 Å². The second-order valence-corrected chi connectivity index (χ2v) is 7.57. The Morgan fingerprint density at radius 3 is 1.52 bits per heavy atom. The van der Waals surface area contributed by atoms with Gasteiger partial charge in [0.25, 0.3) is 0 Å². The second-order valence-electron chi connectivity index (χ2n) is 4.78. The van der Waals surface area contributed by atoms with Gasteiger partial charge in [0.1, 0.15) is 11.5 Å². The summed E-state index contributed by atoms with van der Waals surface area (Å²) in [7, 11) is -3.56. The molecule has 0 saturated heterocycles. The van der Waals surface area contributed by atoms with Gasteiger partial charge < -0.3 is 9.05 Å². The maximum absolute atomic E-state index is 13.4. The molecule has 0 radical (unpaired) electrons. The number of para-hydroxylation sites is 2. The van der Waals surface area contributed by atoms with E-state index in [-0.39, 0.29) is 0 Å². The lowest BCUT2D eigenvalue weighted by molar-refractivity contribution is 0.399. The van der Waals surface area contributed by atoms with E-state index >= 15 is 0 Å². The molecule has 0 spiro atoms. The first kappa shape index (κ1) is 15.9. The Labute approximate surface area is 143 Å². The van der Waals surface area contributed by atoms with Gasteiger partial charge >= 0.3 is 7.60 Å². The highest BCUT2D eigenvalue weighted by atomic mass is 79.9. The minimum absolute atomic E-state index is 0.494. The average Bonchev–Trinajstić information content (AvgIpc) is 2.57. The molecule has 0 N–H and O–H groups in total. The summed E-state index contributed by atoms with van der Waals surface area (Å²) in [6.07, 6.45) is 0. The molecule has 0 fully saturated rings. The van der Waals surface area contributed by atoms with Crippen molar-refractivity contribution < 1.29 is 13.6 Å². The number of benzene rings is 3. The van der Waals surface area contributed by atoms with E-state index in [1.54, 1.807) is 36.4 Å². The lowest BCUT2D eigenvalue weighted by Crippen LogP contribution is -2.14. The SMILES string of the molecule is O=P(Oc1ccccc1)(Oc1ccccc1)c1ccc(Br)cc1. The van der Waals surface area contributed by atoms with Crippen LogP contribution in [0, 0.1) is 0 Å². The van der Waals surface area contributed by atoms with Gasteiger partial charge in [-0.15, -0.1) is 0 Å². The fourth-order valence-corrected chi connectivity index (χ4v) is 3.81. The molecule has 0 aliphatic heterocycles. The van der Waals surface area contributed by atoms with Crippen LogP contribution in [0.25, 0.3) is 0 Å². The van der Waals surface area contributed by atoms with Gasteiger partial charge in [-0.3, -0.25) is 0 Å². The molecular formula is C18H14BrO3P. The lowest BCUT2D eigenvalue weighted by atomic mass is 10.3. The van der Waals surface area contributed by atoms with Crippen molar-refractivity contribution in [3.63, 3.8) is 0 Å². The van der Waals surface area contributed by atoms with E-state index in [9.17, 15) is 4.57 Å². The predicted octanol–water partition coefficient (Wildman–Crippen LogP) is 5.43. The maximum Gasteiger partial charge on any atom is 0.462 e. The zero-order chi connectivity index (χ0) is 16.1. The normalized spacial score (nSPS) is 11.0. The standard InChI is InChI=1S/C18H14BrO3P/c19-15-11-13-18(14-12-15)23(20,21-16-7-3-1-4-8-16)22-17-9-5-2-6-10-17/h1-14H. The van der Waals surface area contributed by atoms with Gasteiger partial charge in [0, 0.05) is 4.47 Å².